The molecule has 6 heteroatoms. The van der Waals surface area contributed by atoms with Crippen molar-refractivity contribution in [3.8, 4) is 5.75 Å². The minimum Gasteiger partial charge on any atom is -0.497 e. The van der Waals surface area contributed by atoms with Gasteiger partial charge in [-0.05, 0) is 57.0 Å². The fourth-order valence-electron chi connectivity index (χ4n) is 2.57. The molecule has 0 aromatic heterocycles. The lowest BCUT2D eigenvalue weighted by Gasteiger charge is -2.28. The zero-order valence-corrected chi connectivity index (χ0v) is 13.0. The summed E-state index contributed by atoms with van der Waals surface area (Å²) in [4.78, 5) is 0.324. The van der Waals surface area contributed by atoms with Crippen LogP contribution >= 0.6 is 0 Å². The number of nitrogens with one attached hydrogen (secondary N) is 2. The largest absolute Gasteiger partial charge is 0.497 e. The molecule has 112 valence electrons. The van der Waals surface area contributed by atoms with Crippen LogP contribution < -0.4 is 14.8 Å². The summed E-state index contributed by atoms with van der Waals surface area (Å²) in [6.07, 6.45) is 1.63. The molecule has 0 amide bonds. The van der Waals surface area contributed by atoms with Crippen molar-refractivity contribution in [1.29, 1.82) is 0 Å². The number of methoxy groups -OCH3 is 1. The summed E-state index contributed by atoms with van der Waals surface area (Å²) < 4.78 is 32.8. The molecule has 1 aromatic carbocycles. The first-order chi connectivity index (χ1) is 9.42. The highest BCUT2D eigenvalue weighted by atomic mass is 32.2. The summed E-state index contributed by atoms with van der Waals surface area (Å²) in [5.41, 5.74) is 0.693. The first-order valence-corrected chi connectivity index (χ1v) is 8.31. The number of aryl methyl sites for hydroxylation is 1. The highest BCUT2D eigenvalue weighted by Gasteiger charge is 2.25. The van der Waals surface area contributed by atoms with E-state index in [1.807, 2.05) is 0 Å². The molecule has 0 spiro atoms. The van der Waals surface area contributed by atoms with Crippen molar-refractivity contribution >= 4 is 10.0 Å². The number of piperidine rings is 1. The lowest BCUT2D eigenvalue weighted by molar-refractivity contribution is 0.361. The minimum absolute atomic E-state index is 0.00208. The van der Waals surface area contributed by atoms with E-state index in [4.69, 9.17) is 4.74 Å². The van der Waals surface area contributed by atoms with Crippen molar-refractivity contribution in [2.75, 3.05) is 13.7 Å². The normalized spacial score (nSPS) is 23.6. The molecule has 2 unspecified atom stereocenters. The Balaban J connectivity index is 2.17. The van der Waals surface area contributed by atoms with Gasteiger partial charge in [-0.15, -0.1) is 0 Å². The average molecular weight is 298 g/mol. The molecule has 20 heavy (non-hydrogen) atoms. The van der Waals surface area contributed by atoms with Crippen LogP contribution in [0.25, 0.3) is 0 Å². The van der Waals surface area contributed by atoms with E-state index in [0.717, 1.165) is 19.4 Å². The van der Waals surface area contributed by atoms with Gasteiger partial charge in [0.1, 0.15) is 5.75 Å². The van der Waals surface area contributed by atoms with E-state index < -0.39 is 10.0 Å². The Labute approximate surface area is 120 Å². The van der Waals surface area contributed by atoms with E-state index in [0.29, 0.717) is 22.3 Å². The SMILES string of the molecule is COc1ccc(S(=O)(=O)NC2CCNC(C)C2)c(C)c1. The summed E-state index contributed by atoms with van der Waals surface area (Å²) >= 11 is 0. The molecule has 0 bridgehead atoms. The third-order valence-corrected chi connectivity index (χ3v) is 5.30. The van der Waals surface area contributed by atoms with E-state index in [1.54, 1.807) is 32.2 Å². The topological polar surface area (TPSA) is 67.4 Å². The van der Waals surface area contributed by atoms with Gasteiger partial charge in [0.05, 0.1) is 12.0 Å². The summed E-state index contributed by atoms with van der Waals surface area (Å²) in [6.45, 7) is 4.69. The fourth-order valence-corrected chi connectivity index (χ4v) is 4.08. The second-order valence-corrected chi connectivity index (χ2v) is 7.01. The number of sulfonamides is 1. The van der Waals surface area contributed by atoms with Crippen molar-refractivity contribution in [2.45, 2.75) is 43.7 Å². The van der Waals surface area contributed by atoms with Crippen molar-refractivity contribution < 1.29 is 13.2 Å². The van der Waals surface area contributed by atoms with Crippen molar-refractivity contribution in [3.63, 3.8) is 0 Å². The van der Waals surface area contributed by atoms with E-state index >= 15 is 0 Å². The number of rotatable bonds is 4. The molecule has 1 aliphatic heterocycles. The van der Waals surface area contributed by atoms with Gasteiger partial charge in [-0.2, -0.15) is 0 Å². The molecule has 0 saturated carbocycles. The molecule has 1 aromatic rings. The van der Waals surface area contributed by atoms with Gasteiger partial charge in [0, 0.05) is 12.1 Å². The zero-order valence-electron chi connectivity index (χ0n) is 12.1. The van der Waals surface area contributed by atoms with Crippen LogP contribution in [0.5, 0.6) is 5.75 Å². The van der Waals surface area contributed by atoms with Crippen LogP contribution in [-0.4, -0.2) is 34.2 Å². The van der Waals surface area contributed by atoms with Crippen LogP contribution in [0, 0.1) is 6.92 Å². The Kier molecular flexibility index (Phi) is 4.67. The van der Waals surface area contributed by atoms with Crippen LogP contribution in [0.15, 0.2) is 23.1 Å². The number of hydrogen-bond donors (Lipinski definition) is 2. The van der Waals surface area contributed by atoms with Gasteiger partial charge in [0.15, 0.2) is 0 Å². The van der Waals surface area contributed by atoms with Gasteiger partial charge in [0.2, 0.25) is 10.0 Å². The molecular formula is C14H22N2O3S. The predicted molar refractivity (Wildman–Crippen MR) is 78.5 cm³/mol. The van der Waals surface area contributed by atoms with Crippen LogP contribution in [0.4, 0.5) is 0 Å². The Morgan fingerprint density at radius 2 is 2.15 bits per heavy atom. The van der Waals surface area contributed by atoms with Crippen molar-refractivity contribution in [1.82, 2.24) is 10.0 Å². The van der Waals surface area contributed by atoms with Crippen LogP contribution in [0.2, 0.25) is 0 Å². The second kappa shape index (κ2) is 6.11. The lowest BCUT2D eigenvalue weighted by atomic mass is 10.0. The third kappa shape index (κ3) is 3.50. The van der Waals surface area contributed by atoms with E-state index in [9.17, 15) is 8.42 Å². The first-order valence-electron chi connectivity index (χ1n) is 6.82. The van der Waals surface area contributed by atoms with Crippen molar-refractivity contribution in [2.24, 2.45) is 0 Å². The monoisotopic (exact) mass is 298 g/mol. The van der Waals surface area contributed by atoms with Gasteiger partial charge < -0.3 is 10.1 Å². The molecule has 1 fully saturated rings. The van der Waals surface area contributed by atoms with Crippen LogP contribution in [0.3, 0.4) is 0 Å². The maximum absolute atomic E-state index is 12.5. The summed E-state index contributed by atoms with van der Waals surface area (Å²) in [7, 11) is -1.91. The molecular weight excluding hydrogens is 276 g/mol. The minimum atomic E-state index is -3.47. The molecule has 2 rings (SSSR count). The smallest absolute Gasteiger partial charge is 0.241 e. The van der Waals surface area contributed by atoms with Gasteiger partial charge in [0.25, 0.3) is 0 Å². The number of ether oxygens (including phenoxy) is 1. The fraction of sp³-hybridized carbons (Fsp3) is 0.571. The van der Waals surface area contributed by atoms with E-state index in [2.05, 4.69) is 17.0 Å². The van der Waals surface area contributed by atoms with Crippen LogP contribution in [0.1, 0.15) is 25.3 Å². The average Bonchev–Trinajstić information content (AvgIpc) is 2.37. The molecule has 1 heterocycles. The van der Waals surface area contributed by atoms with E-state index in [1.165, 1.54) is 0 Å². The highest BCUT2D eigenvalue weighted by molar-refractivity contribution is 7.89. The predicted octanol–water partition coefficient (Wildman–Crippen LogP) is 1.42. The van der Waals surface area contributed by atoms with Gasteiger partial charge >= 0.3 is 0 Å². The molecule has 2 atom stereocenters. The molecule has 1 aliphatic rings. The van der Waals surface area contributed by atoms with Crippen LogP contribution in [-0.2, 0) is 10.0 Å². The van der Waals surface area contributed by atoms with Gasteiger partial charge in [-0.1, -0.05) is 0 Å². The summed E-state index contributed by atoms with van der Waals surface area (Å²) in [5.74, 6) is 0.664. The Hall–Kier alpha value is -1.11. The summed E-state index contributed by atoms with van der Waals surface area (Å²) in [5, 5.41) is 3.31. The Morgan fingerprint density at radius 1 is 1.40 bits per heavy atom. The van der Waals surface area contributed by atoms with Gasteiger partial charge in [-0.3, -0.25) is 0 Å². The quantitative estimate of drug-likeness (QED) is 0.882. The molecule has 0 aliphatic carbocycles. The maximum atomic E-state index is 12.5. The molecule has 1 saturated heterocycles. The molecule has 5 nitrogen and oxygen atoms in total. The highest BCUT2D eigenvalue weighted by Crippen LogP contribution is 2.22. The summed E-state index contributed by atoms with van der Waals surface area (Å²) in [6, 6.07) is 5.35. The molecule has 2 N–H and O–H groups in total. The Bertz CT molecular complexity index is 572. The van der Waals surface area contributed by atoms with E-state index in [-0.39, 0.29) is 6.04 Å². The number of hydrogen-bond acceptors (Lipinski definition) is 4. The number of benzene rings is 1. The first kappa shape index (κ1) is 15.3. The third-order valence-electron chi connectivity index (χ3n) is 3.62. The zero-order chi connectivity index (χ0) is 14.8. The van der Waals surface area contributed by atoms with Crippen molar-refractivity contribution in [3.05, 3.63) is 23.8 Å². The Morgan fingerprint density at radius 3 is 2.75 bits per heavy atom. The van der Waals surface area contributed by atoms with Gasteiger partial charge in [-0.25, -0.2) is 13.1 Å². The maximum Gasteiger partial charge on any atom is 0.241 e. The standard InChI is InChI=1S/C14H22N2O3S/c1-10-8-13(19-3)4-5-14(10)20(17,18)16-12-6-7-15-11(2)9-12/h4-5,8,11-12,15-16H,6-7,9H2,1-3H3. The second-order valence-electron chi connectivity index (χ2n) is 5.33. The molecule has 0 radical (unpaired) electrons. The lowest BCUT2D eigenvalue weighted by Crippen LogP contribution is -2.46.